The van der Waals surface area contributed by atoms with Gasteiger partial charge in [-0.1, -0.05) is 0 Å². The summed E-state index contributed by atoms with van der Waals surface area (Å²) in [7, 11) is 0. The van der Waals surface area contributed by atoms with E-state index in [1.54, 1.807) is 16.0 Å². The van der Waals surface area contributed by atoms with Crippen molar-refractivity contribution in [3.8, 4) is 0 Å². The van der Waals surface area contributed by atoms with Crippen molar-refractivity contribution in [1.82, 2.24) is 9.38 Å². The highest BCUT2D eigenvalue weighted by Gasteiger charge is 2.33. The second-order valence-electron chi connectivity index (χ2n) is 5.32. The van der Waals surface area contributed by atoms with Crippen molar-refractivity contribution in [1.29, 1.82) is 0 Å². The second-order valence-corrected chi connectivity index (χ2v) is 6.20. The Labute approximate surface area is 125 Å². The number of amides is 1. The number of carboxylic acid groups (broad SMARTS) is 1. The van der Waals surface area contributed by atoms with Gasteiger partial charge in [0.15, 0.2) is 16.5 Å². The summed E-state index contributed by atoms with van der Waals surface area (Å²) < 4.78 is 1.57. The number of piperidine rings is 1. The third-order valence-corrected chi connectivity index (χ3v) is 4.76. The van der Waals surface area contributed by atoms with Gasteiger partial charge in [-0.05, 0) is 19.8 Å². The first kappa shape index (κ1) is 13.9. The number of thiazole rings is 1. The zero-order valence-corrected chi connectivity index (χ0v) is 12.3. The van der Waals surface area contributed by atoms with E-state index in [0.29, 0.717) is 17.3 Å². The molecule has 3 heterocycles. The molecule has 7 nitrogen and oxygen atoms in total. The lowest BCUT2D eigenvalue weighted by atomic mass is 9.93. The molecule has 1 aliphatic heterocycles. The molecule has 2 aromatic heterocycles. The van der Waals surface area contributed by atoms with Crippen molar-refractivity contribution in [3.05, 3.63) is 17.3 Å². The number of anilines is 1. The molecule has 0 spiro atoms. The topological polar surface area (TPSA) is 101 Å². The first-order chi connectivity index (χ1) is 9.99. The van der Waals surface area contributed by atoms with Gasteiger partial charge in [-0.25, -0.2) is 9.78 Å². The molecule has 1 aliphatic rings. The van der Waals surface area contributed by atoms with E-state index in [4.69, 9.17) is 5.73 Å². The van der Waals surface area contributed by atoms with Crippen LogP contribution in [0.3, 0.4) is 0 Å². The number of aromatic nitrogens is 2. The molecule has 21 heavy (non-hydrogen) atoms. The SMILES string of the molecule is CC1CCC(C(N)=O)CN1c1nc2sccn2c1C(=O)O. The Bertz CT molecular complexity index is 707. The van der Waals surface area contributed by atoms with Crippen molar-refractivity contribution < 1.29 is 14.7 Å². The first-order valence-electron chi connectivity index (χ1n) is 6.74. The number of carboxylic acids is 1. The van der Waals surface area contributed by atoms with Crippen LogP contribution in [0, 0.1) is 5.92 Å². The number of fused-ring (bicyclic) bond motifs is 1. The molecular weight excluding hydrogens is 292 g/mol. The highest BCUT2D eigenvalue weighted by atomic mass is 32.1. The summed E-state index contributed by atoms with van der Waals surface area (Å²) in [6.45, 7) is 2.43. The smallest absolute Gasteiger partial charge is 0.356 e. The molecule has 0 bridgehead atoms. The van der Waals surface area contributed by atoms with Gasteiger partial charge in [-0.2, -0.15) is 0 Å². The zero-order chi connectivity index (χ0) is 15.1. The second kappa shape index (κ2) is 5.03. The van der Waals surface area contributed by atoms with E-state index in [1.165, 1.54) is 11.3 Å². The van der Waals surface area contributed by atoms with E-state index in [2.05, 4.69) is 4.98 Å². The number of imidazole rings is 1. The molecule has 0 saturated carbocycles. The van der Waals surface area contributed by atoms with Crippen molar-refractivity contribution >= 4 is 34.0 Å². The van der Waals surface area contributed by atoms with Gasteiger partial charge in [0.1, 0.15) is 0 Å². The molecule has 3 rings (SSSR count). The van der Waals surface area contributed by atoms with Crippen LogP contribution in [0.2, 0.25) is 0 Å². The quantitative estimate of drug-likeness (QED) is 0.887. The summed E-state index contributed by atoms with van der Waals surface area (Å²) in [6.07, 6.45) is 3.22. The number of primary amides is 1. The van der Waals surface area contributed by atoms with E-state index in [0.717, 1.165) is 12.8 Å². The highest BCUT2D eigenvalue weighted by molar-refractivity contribution is 7.15. The zero-order valence-electron chi connectivity index (χ0n) is 11.5. The minimum Gasteiger partial charge on any atom is -0.476 e. The molecule has 1 saturated heterocycles. The van der Waals surface area contributed by atoms with Crippen molar-refractivity contribution in [2.75, 3.05) is 11.4 Å². The maximum Gasteiger partial charge on any atom is 0.356 e. The van der Waals surface area contributed by atoms with Crippen LogP contribution in [0.4, 0.5) is 5.82 Å². The largest absolute Gasteiger partial charge is 0.476 e. The minimum atomic E-state index is -1.02. The molecule has 0 aromatic carbocycles. The lowest BCUT2D eigenvalue weighted by molar-refractivity contribution is -0.122. The Morgan fingerprint density at radius 1 is 1.48 bits per heavy atom. The Balaban J connectivity index is 2.05. The Morgan fingerprint density at radius 3 is 2.90 bits per heavy atom. The minimum absolute atomic E-state index is 0.128. The molecule has 0 radical (unpaired) electrons. The van der Waals surface area contributed by atoms with Gasteiger partial charge in [0.2, 0.25) is 5.91 Å². The molecule has 8 heteroatoms. The van der Waals surface area contributed by atoms with Crippen LogP contribution >= 0.6 is 11.3 Å². The van der Waals surface area contributed by atoms with Gasteiger partial charge in [0, 0.05) is 24.2 Å². The fraction of sp³-hybridized carbons (Fsp3) is 0.462. The van der Waals surface area contributed by atoms with Crippen molar-refractivity contribution in [3.63, 3.8) is 0 Å². The number of carbonyl (C=O) groups excluding carboxylic acids is 1. The van der Waals surface area contributed by atoms with E-state index < -0.39 is 5.97 Å². The lowest BCUT2D eigenvalue weighted by Gasteiger charge is -2.37. The van der Waals surface area contributed by atoms with Crippen molar-refractivity contribution in [2.24, 2.45) is 11.7 Å². The Hall–Kier alpha value is -2.09. The van der Waals surface area contributed by atoms with Crippen LogP contribution in [0.1, 0.15) is 30.3 Å². The maximum atomic E-state index is 11.6. The predicted molar refractivity (Wildman–Crippen MR) is 78.8 cm³/mol. The van der Waals surface area contributed by atoms with E-state index in [9.17, 15) is 14.7 Å². The number of nitrogens with two attached hydrogens (primary N) is 1. The van der Waals surface area contributed by atoms with E-state index in [1.807, 2.05) is 11.8 Å². The molecule has 2 atom stereocenters. The monoisotopic (exact) mass is 308 g/mol. The Kier molecular flexibility index (Phi) is 3.32. The maximum absolute atomic E-state index is 11.6. The average molecular weight is 308 g/mol. The summed E-state index contributed by atoms with van der Waals surface area (Å²) in [5, 5.41) is 11.3. The van der Waals surface area contributed by atoms with Crippen molar-refractivity contribution in [2.45, 2.75) is 25.8 Å². The number of hydrogen-bond donors (Lipinski definition) is 2. The summed E-state index contributed by atoms with van der Waals surface area (Å²) in [5.41, 5.74) is 5.54. The molecule has 112 valence electrons. The van der Waals surface area contributed by atoms with Gasteiger partial charge in [0.25, 0.3) is 0 Å². The molecule has 3 N–H and O–H groups in total. The number of hydrogen-bond acceptors (Lipinski definition) is 5. The fourth-order valence-corrected chi connectivity index (χ4v) is 3.52. The number of nitrogens with zero attached hydrogens (tertiary/aromatic N) is 3. The van der Waals surface area contributed by atoms with Gasteiger partial charge < -0.3 is 15.7 Å². The van der Waals surface area contributed by atoms with Crippen LogP contribution in [-0.4, -0.2) is 39.0 Å². The van der Waals surface area contributed by atoms with Crippen LogP contribution in [-0.2, 0) is 4.79 Å². The first-order valence-corrected chi connectivity index (χ1v) is 7.61. The highest BCUT2D eigenvalue weighted by Crippen LogP contribution is 2.31. The number of aromatic carboxylic acids is 1. The molecule has 0 aliphatic carbocycles. The van der Waals surface area contributed by atoms with Crippen LogP contribution < -0.4 is 10.6 Å². The summed E-state index contributed by atoms with van der Waals surface area (Å²) in [6, 6.07) is 0.128. The normalized spacial score (nSPS) is 22.6. The molecular formula is C13H16N4O3S. The average Bonchev–Trinajstić information content (AvgIpc) is 2.98. The van der Waals surface area contributed by atoms with Gasteiger partial charge >= 0.3 is 5.97 Å². The third kappa shape index (κ3) is 2.25. The van der Waals surface area contributed by atoms with Gasteiger partial charge in [-0.3, -0.25) is 9.20 Å². The van der Waals surface area contributed by atoms with Crippen LogP contribution in [0.5, 0.6) is 0 Å². The molecule has 2 unspecified atom stereocenters. The molecule has 2 aromatic rings. The van der Waals surface area contributed by atoms with Gasteiger partial charge in [-0.15, -0.1) is 11.3 Å². The van der Waals surface area contributed by atoms with Gasteiger partial charge in [0.05, 0.1) is 5.92 Å². The number of carbonyl (C=O) groups is 2. The molecule has 1 amide bonds. The standard InChI is InChI=1S/C13H16N4O3S/c1-7-2-3-8(10(14)18)6-17(7)11-9(12(19)20)16-4-5-21-13(16)15-11/h4-5,7-8H,2-3,6H2,1H3,(H2,14,18)(H,19,20). The van der Waals surface area contributed by atoms with Crippen LogP contribution in [0.15, 0.2) is 11.6 Å². The summed E-state index contributed by atoms with van der Waals surface area (Å²) >= 11 is 1.38. The van der Waals surface area contributed by atoms with Crippen LogP contribution in [0.25, 0.3) is 4.96 Å². The Morgan fingerprint density at radius 2 is 2.24 bits per heavy atom. The van der Waals surface area contributed by atoms with E-state index >= 15 is 0 Å². The lowest BCUT2D eigenvalue weighted by Crippen LogP contribution is -2.46. The summed E-state index contributed by atoms with van der Waals surface area (Å²) in [4.78, 5) is 30.0. The number of rotatable bonds is 3. The third-order valence-electron chi connectivity index (χ3n) is 4.00. The predicted octanol–water partition coefficient (Wildman–Crippen LogP) is 1.18. The van der Waals surface area contributed by atoms with E-state index in [-0.39, 0.29) is 23.6 Å². The molecule has 1 fully saturated rings. The fourth-order valence-electron chi connectivity index (χ4n) is 2.81. The summed E-state index contributed by atoms with van der Waals surface area (Å²) in [5.74, 6) is -1.20.